The van der Waals surface area contributed by atoms with E-state index in [9.17, 15) is 0 Å². The van der Waals surface area contributed by atoms with Gasteiger partial charge in [-0.3, -0.25) is 0 Å². The zero-order valence-electron chi connectivity index (χ0n) is 5.81. The molecule has 2 N–H and O–H groups in total. The van der Waals surface area contributed by atoms with Gasteiger partial charge in [0.25, 0.3) is 0 Å². The molecule has 0 unspecified atom stereocenters. The van der Waals surface area contributed by atoms with Crippen molar-refractivity contribution in [3.05, 3.63) is 34.8 Å². The maximum Gasteiger partial charge on any atom is 0.385 e. The summed E-state index contributed by atoms with van der Waals surface area (Å²) < 4.78 is 0. The van der Waals surface area contributed by atoms with Crippen LogP contribution in [-0.4, -0.2) is 6.21 Å². The first-order valence-corrected chi connectivity index (χ1v) is 3.05. The molecule has 0 aliphatic heterocycles. The van der Waals surface area contributed by atoms with Gasteiger partial charge in [0.05, 0.1) is 6.21 Å². The quantitative estimate of drug-likeness (QED) is 0.283. The van der Waals surface area contributed by atoms with Crippen LogP contribution < -0.4 is 5.84 Å². The normalized spacial score (nSPS) is 9.73. The Hall–Kier alpha value is -1.89. The van der Waals surface area contributed by atoms with E-state index in [1.54, 1.807) is 24.3 Å². The molecule has 0 amide bonds. The van der Waals surface area contributed by atoms with Gasteiger partial charge in [-0.2, -0.15) is 5.10 Å². The summed E-state index contributed by atoms with van der Waals surface area (Å²) in [4.78, 5) is 3.00. The van der Waals surface area contributed by atoms with Crippen molar-refractivity contribution in [1.29, 1.82) is 5.39 Å². The minimum atomic E-state index is 0.513. The first-order valence-electron chi connectivity index (χ1n) is 3.05. The van der Waals surface area contributed by atoms with E-state index < -0.39 is 0 Å². The number of diazo groups is 1. The summed E-state index contributed by atoms with van der Waals surface area (Å²) in [5.41, 5.74) is 1.39. The van der Waals surface area contributed by atoms with Crippen LogP contribution in [0.25, 0.3) is 4.98 Å². The van der Waals surface area contributed by atoms with Crippen molar-refractivity contribution >= 4 is 11.9 Å². The van der Waals surface area contributed by atoms with Gasteiger partial charge in [0.2, 0.25) is 5.39 Å². The average molecular weight is 147 g/mol. The molecule has 0 atom stereocenters. The predicted molar refractivity (Wildman–Crippen MR) is 43.0 cm³/mol. The van der Waals surface area contributed by atoms with Crippen LogP contribution in [0.3, 0.4) is 0 Å². The Bertz CT molecular complexity index is 293. The highest BCUT2D eigenvalue weighted by Crippen LogP contribution is 2.10. The highest BCUT2D eigenvalue weighted by Gasteiger charge is 2.00. The number of nitrogens with zero attached hydrogens (tertiary/aromatic N) is 3. The van der Waals surface area contributed by atoms with Gasteiger partial charge in [0.1, 0.15) is 0 Å². The summed E-state index contributed by atoms with van der Waals surface area (Å²) in [5, 5.41) is 11.7. The van der Waals surface area contributed by atoms with Crippen LogP contribution >= 0.6 is 0 Å². The van der Waals surface area contributed by atoms with Gasteiger partial charge >= 0.3 is 5.69 Å². The standard InChI is InChI=1S/C7H7N4/c8-10-5-6-1-3-7(11-9)4-2-6/h1-5H,8H2/q+1/b10-5+. The molecule has 0 radical (unpaired) electrons. The summed E-state index contributed by atoms with van der Waals surface area (Å²) in [6.07, 6.45) is 1.52. The molecule has 0 spiro atoms. The van der Waals surface area contributed by atoms with Crippen LogP contribution in [0.1, 0.15) is 5.56 Å². The second kappa shape index (κ2) is 3.32. The molecule has 0 aliphatic carbocycles. The molecule has 0 aromatic heterocycles. The molecular weight excluding hydrogens is 140 g/mol. The van der Waals surface area contributed by atoms with Gasteiger partial charge in [-0.05, 0) is 17.7 Å². The number of nitrogens with two attached hydrogens (primary N) is 1. The summed E-state index contributed by atoms with van der Waals surface area (Å²) in [6, 6.07) is 6.84. The number of hydrogen-bond acceptors (Lipinski definition) is 3. The first-order chi connectivity index (χ1) is 5.36. The number of hydrogen-bond donors (Lipinski definition) is 1. The van der Waals surface area contributed by atoms with E-state index in [0.717, 1.165) is 5.56 Å². The van der Waals surface area contributed by atoms with Gasteiger partial charge in [0.15, 0.2) is 4.98 Å². The lowest BCUT2D eigenvalue weighted by molar-refractivity contribution is 1.26. The SMILES string of the molecule is N#[N+]c1ccc(/C=N/N)cc1. The minimum Gasteiger partial charge on any atom is -0.323 e. The highest BCUT2D eigenvalue weighted by atomic mass is 15.1. The molecule has 0 saturated carbocycles. The van der Waals surface area contributed by atoms with E-state index in [0.29, 0.717) is 5.69 Å². The van der Waals surface area contributed by atoms with E-state index in [1.807, 2.05) is 0 Å². The van der Waals surface area contributed by atoms with E-state index in [-0.39, 0.29) is 0 Å². The second-order valence-electron chi connectivity index (χ2n) is 1.97. The van der Waals surface area contributed by atoms with Gasteiger partial charge < -0.3 is 5.84 Å². The molecule has 0 fully saturated rings. The van der Waals surface area contributed by atoms with Crippen LogP contribution in [0.2, 0.25) is 0 Å². The molecule has 11 heavy (non-hydrogen) atoms. The smallest absolute Gasteiger partial charge is 0.323 e. The van der Waals surface area contributed by atoms with Gasteiger partial charge in [-0.25, -0.2) is 0 Å². The largest absolute Gasteiger partial charge is 0.385 e. The van der Waals surface area contributed by atoms with Crippen molar-refractivity contribution < 1.29 is 0 Å². The molecule has 0 bridgehead atoms. The Labute approximate surface area is 64.0 Å². The van der Waals surface area contributed by atoms with Crippen LogP contribution in [0, 0.1) is 5.39 Å². The Morgan fingerprint density at radius 1 is 1.36 bits per heavy atom. The van der Waals surface area contributed by atoms with Gasteiger partial charge in [0, 0.05) is 12.1 Å². The number of rotatable bonds is 1. The summed E-state index contributed by atoms with van der Waals surface area (Å²) in [6.45, 7) is 0. The zero-order chi connectivity index (χ0) is 8.10. The number of hydrazone groups is 1. The molecular formula is C7H7N4+. The van der Waals surface area contributed by atoms with Gasteiger partial charge in [-0.15, -0.1) is 0 Å². The van der Waals surface area contributed by atoms with Crippen molar-refractivity contribution in [2.75, 3.05) is 0 Å². The monoisotopic (exact) mass is 147 g/mol. The molecule has 1 aromatic carbocycles. The van der Waals surface area contributed by atoms with E-state index in [2.05, 4.69) is 10.1 Å². The van der Waals surface area contributed by atoms with Crippen molar-refractivity contribution in [3.8, 4) is 0 Å². The van der Waals surface area contributed by atoms with Crippen LogP contribution in [0.15, 0.2) is 29.4 Å². The minimum absolute atomic E-state index is 0.513. The summed E-state index contributed by atoms with van der Waals surface area (Å²) in [5.74, 6) is 4.93. The Kier molecular flexibility index (Phi) is 2.18. The van der Waals surface area contributed by atoms with Crippen molar-refractivity contribution in [2.45, 2.75) is 0 Å². The van der Waals surface area contributed by atoms with Crippen molar-refractivity contribution in [1.82, 2.24) is 0 Å². The zero-order valence-corrected chi connectivity index (χ0v) is 5.81. The third-order valence-electron chi connectivity index (χ3n) is 1.23. The second-order valence-corrected chi connectivity index (χ2v) is 1.97. The lowest BCUT2D eigenvalue weighted by atomic mass is 10.2. The fraction of sp³-hybridized carbons (Fsp3) is 0. The number of benzene rings is 1. The van der Waals surface area contributed by atoms with Crippen LogP contribution in [-0.2, 0) is 0 Å². The lowest BCUT2D eigenvalue weighted by Gasteiger charge is -1.84. The summed E-state index contributed by atoms with van der Waals surface area (Å²) >= 11 is 0. The average Bonchev–Trinajstić information content (AvgIpc) is 2.07. The molecule has 0 aliphatic rings. The maximum atomic E-state index is 8.33. The van der Waals surface area contributed by atoms with E-state index in [1.165, 1.54) is 6.21 Å². The highest BCUT2D eigenvalue weighted by molar-refractivity contribution is 5.79. The van der Waals surface area contributed by atoms with Gasteiger partial charge in [-0.1, -0.05) is 0 Å². The maximum absolute atomic E-state index is 8.33. The molecule has 0 heterocycles. The molecule has 4 heteroatoms. The molecule has 54 valence electrons. The molecule has 0 saturated heterocycles. The van der Waals surface area contributed by atoms with Crippen LogP contribution in [0.5, 0.6) is 0 Å². The predicted octanol–water partition coefficient (Wildman–Crippen LogP) is 1.46. The molecule has 1 aromatic rings. The third kappa shape index (κ3) is 1.76. The molecule has 4 nitrogen and oxygen atoms in total. The van der Waals surface area contributed by atoms with Crippen molar-refractivity contribution in [2.24, 2.45) is 10.9 Å². The topological polar surface area (TPSA) is 66.5 Å². The first kappa shape index (κ1) is 7.22. The van der Waals surface area contributed by atoms with Crippen LogP contribution in [0.4, 0.5) is 5.69 Å². The van der Waals surface area contributed by atoms with Crippen molar-refractivity contribution in [3.63, 3.8) is 0 Å². The Morgan fingerprint density at radius 2 is 2.00 bits per heavy atom. The fourth-order valence-corrected chi connectivity index (χ4v) is 0.713. The summed E-state index contributed by atoms with van der Waals surface area (Å²) in [7, 11) is 0. The Balaban J connectivity index is 2.94. The fourth-order valence-electron chi connectivity index (χ4n) is 0.713. The Morgan fingerprint density at radius 3 is 2.45 bits per heavy atom. The third-order valence-corrected chi connectivity index (χ3v) is 1.23. The molecule has 1 rings (SSSR count). The van der Waals surface area contributed by atoms with E-state index in [4.69, 9.17) is 11.2 Å². The lowest BCUT2D eigenvalue weighted by Crippen LogP contribution is -1.84. The van der Waals surface area contributed by atoms with E-state index >= 15 is 0 Å².